The molecular weight excluding hydrogens is 418 g/mol. The maximum Gasteiger partial charge on any atom is 0.296 e. The zero-order valence-corrected chi connectivity index (χ0v) is 18.5. The normalized spacial score (nSPS) is 17.5. The molecule has 1 fully saturated rings. The smallest absolute Gasteiger partial charge is 0.296 e. The Morgan fingerprint density at radius 2 is 1.79 bits per heavy atom. The molecule has 33 heavy (non-hydrogen) atoms. The highest BCUT2D eigenvalue weighted by Crippen LogP contribution is 2.39. The van der Waals surface area contributed by atoms with Gasteiger partial charge in [0.15, 0.2) is 0 Å². The van der Waals surface area contributed by atoms with Crippen molar-refractivity contribution in [3.8, 4) is 5.75 Å². The van der Waals surface area contributed by atoms with Crippen LogP contribution in [0.2, 0.25) is 0 Å². The molecule has 1 aliphatic heterocycles. The molecule has 3 heterocycles. The summed E-state index contributed by atoms with van der Waals surface area (Å²) in [7, 11) is 0. The largest absolute Gasteiger partial charge is 0.507 e. The summed E-state index contributed by atoms with van der Waals surface area (Å²) in [5, 5.41) is 11.2. The molecule has 4 rings (SSSR count). The van der Waals surface area contributed by atoms with E-state index in [1.807, 2.05) is 19.9 Å². The van der Waals surface area contributed by atoms with E-state index in [4.69, 9.17) is 4.74 Å². The second-order valence-corrected chi connectivity index (χ2v) is 8.24. The molecule has 0 radical (unpaired) electrons. The van der Waals surface area contributed by atoms with Crippen LogP contribution in [0.25, 0.3) is 5.76 Å². The van der Waals surface area contributed by atoms with E-state index >= 15 is 0 Å². The minimum atomic E-state index is -0.839. The van der Waals surface area contributed by atoms with E-state index in [0.29, 0.717) is 35.2 Å². The number of Topliss-reactive ketones (excluding diaryl/α,β-unsaturated/α-hetero) is 1. The molecule has 3 aromatic rings. The molecule has 1 aliphatic rings. The summed E-state index contributed by atoms with van der Waals surface area (Å²) in [6.07, 6.45) is 3.22. The van der Waals surface area contributed by atoms with Gasteiger partial charge in [-0.05, 0) is 42.3 Å². The van der Waals surface area contributed by atoms with Gasteiger partial charge in [-0.2, -0.15) is 0 Å². The summed E-state index contributed by atoms with van der Waals surface area (Å²) in [4.78, 5) is 36.2. The lowest BCUT2D eigenvalue weighted by Gasteiger charge is -2.24. The molecule has 7 nitrogen and oxygen atoms in total. The number of hydrogen-bond acceptors (Lipinski definition) is 6. The van der Waals surface area contributed by atoms with E-state index in [9.17, 15) is 14.7 Å². The maximum atomic E-state index is 13.1. The van der Waals surface area contributed by atoms with Gasteiger partial charge in [-0.1, -0.05) is 38.1 Å². The third-order valence-corrected chi connectivity index (χ3v) is 5.26. The number of amides is 1. The van der Waals surface area contributed by atoms with Gasteiger partial charge in [0.25, 0.3) is 11.7 Å². The molecule has 0 spiro atoms. The number of aliphatic hydroxyl groups is 1. The van der Waals surface area contributed by atoms with E-state index in [0.717, 1.165) is 0 Å². The maximum absolute atomic E-state index is 13.1. The van der Waals surface area contributed by atoms with Crippen LogP contribution < -0.4 is 4.74 Å². The van der Waals surface area contributed by atoms with Gasteiger partial charge in [0.2, 0.25) is 0 Å². The fraction of sp³-hybridized carbons (Fsp3) is 0.231. The van der Waals surface area contributed by atoms with E-state index in [1.165, 1.54) is 4.90 Å². The van der Waals surface area contributed by atoms with Gasteiger partial charge in [0.1, 0.15) is 17.6 Å². The first-order valence-corrected chi connectivity index (χ1v) is 10.8. The summed E-state index contributed by atoms with van der Waals surface area (Å²) in [5.74, 6) is -0.812. The van der Waals surface area contributed by atoms with Crippen molar-refractivity contribution in [1.82, 2.24) is 14.9 Å². The van der Waals surface area contributed by atoms with Gasteiger partial charge in [-0.15, -0.1) is 0 Å². The molecule has 0 saturated carbocycles. The predicted octanol–water partition coefficient (Wildman–Crippen LogP) is 4.13. The number of ether oxygens (including phenoxy) is 1. The van der Waals surface area contributed by atoms with Crippen LogP contribution in [0, 0.1) is 5.92 Å². The molecule has 1 aromatic carbocycles. The molecule has 168 valence electrons. The van der Waals surface area contributed by atoms with Crippen LogP contribution in [-0.4, -0.2) is 38.3 Å². The lowest BCUT2D eigenvalue weighted by molar-refractivity contribution is -0.140. The van der Waals surface area contributed by atoms with Crippen molar-refractivity contribution in [2.24, 2.45) is 5.92 Å². The highest BCUT2D eigenvalue weighted by molar-refractivity contribution is 6.46. The minimum Gasteiger partial charge on any atom is -0.507 e. The summed E-state index contributed by atoms with van der Waals surface area (Å²) in [5.41, 5.74) is 1.51. The van der Waals surface area contributed by atoms with E-state index in [1.54, 1.807) is 67.0 Å². The number of carbonyl (C=O) groups excluding carboxylic acids is 2. The molecule has 0 bridgehead atoms. The first-order chi connectivity index (χ1) is 16.0. The molecule has 1 unspecified atom stereocenters. The van der Waals surface area contributed by atoms with Gasteiger partial charge >= 0.3 is 0 Å². The van der Waals surface area contributed by atoms with Crippen molar-refractivity contribution < 1.29 is 19.4 Å². The monoisotopic (exact) mass is 443 g/mol. The lowest BCUT2D eigenvalue weighted by atomic mass is 9.98. The SMILES string of the molecule is CC(C)COc1cccc(/C(O)=C2/C(=O)C(=O)N(Cc3ccccn3)C2c2ccccn2)c1. The Bertz CT molecular complexity index is 1180. The number of benzene rings is 1. The van der Waals surface area contributed by atoms with Gasteiger partial charge in [0.05, 0.1) is 30.1 Å². The van der Waals surface area contributed by atoms with Crippen molar-refractivity contribution >= 4 is 17.4 Å². The number of aromatic nitrogens is 2. The second kappa shape index (κ2) is 9.65. The van der Waals surface area contributed by atoms with Crippen LogP contribution >= 0.6 is 0 Å². The predicted molar refractivity (Wildman–Crippen MR) is 123 cm³/mol. The van der Waals surface area contributed by atoms with E-state index in [-0.39, 0.29) is 17.9 Å². The van der Waals surface area contributed by atoms with Crippen molar-refractivity contribution in [2.75, 3.05) is 6.61 Å². The quantitative estimate of drug-likeness (QED) is 0.335. The van der Waals surface area contributed by atoms with Crippen LogP contribution in [0.1, 0.15) is 36.8 Å². The summed E-state index contributed by atoms with van der Waals surface area (Å²) >= 11 is 0. The van der Waals surface area contributed by atoms with Crippen LogP contribution in [0.4, 0.5) is 0 Å². The topological polar surface area (TPSA) is 92.6 Å². The van der Waals surface area contributed by atoms with Crippen molar-refractivity contribution in [1.29, 1.82) is 0 Å². The Labute approximate surface area is 192 Å². The Morgan fingerprint density at radius 3 is 2.45 bits per heavy atom. The fourth-order valence-corrected chi connectivity index (χ4v) is 3.71. The number of hydrogen-bond donors (Lipinski definition) is 1. The fourth-order valence-electron chi connectivity index (χ4n) is 3.71. The molecule has 1 atom stereocenters. The Morgan fingerprint density at radius 1 is 1.03 bits per heavy atom. The third kappa shape index (κ3) is 4.77. The number of rotatable bonds is 7. The Hall–Kier alpha value is -4.00. The number of carbonyl (C=O) groups is 2. The number of aliphatic hydroxyl groups excluding tert-OH is 1. The molecular formula is C26H25N3O4. The highest BCUT2D eigenvalue weighted by Gasteiger charge is 2.46. The van der Waals surface area contributed by atoms with Crippen molar-refractivity contribution in [2.45, 2.75) is 26.4 Å². The van der Waals surface area contributed by atoms with E-state index < -0.39 is 17.7 Å². The van der Waals surface area contributed by atoms with Crippen LogP contribution in [0.3, 0.4) is 0 Å². The number of pyridine rings is 2. The molecule has 1 saturated heterocycles. The summed E-state index contributed by atoms with van der Waals surface area (Å²) in [6.45, 7) is 4.72. The number of likely N-dealkylation sites (tertiary alicyclic amines) is 1. The van der Waals surface area contributed by atoms with Gasteiger partial charge in [0, 0.05) is 18.0 Å². The second-order valence-electron chi connectivity index (χ2n) is 8.24. The summed E-state index contributed by atoms with van der Waals surface area (Å²) in [6, 6.07) is 16.7. The lowest BCUT2D eigenvalue weighted by Crippen LogP contribution is -2.29. The van der Waals surface area contributed by atoms with Crippen LogP contribution in [-0.2, 0) is 16.1 Å². The average molecular weight is 444 g/mol. The van der Waals surface area contributed by atoms with Crippen LogP contribution in [0.5, 0.6) is 5.75 Å². The minimum absolute atomic E-state index is 0.00404. The van der Waals surface area contributed by atoms with Gasteiger partial charge in [-0.3, -0.25) is 19.6 Å². The standard InChI is InChI=1S/C26H25N3O4/c1-17(2)16-33-20-10-7-8-18(14-20)24(30)22-23(21-11-4-6-13-28-21)29(26(32)25(22)31)15-19-9-3-5-12-27-19/h3-14,17,23,30H,15-16H2,1-2H3/b24-22-. The zero-order chi connectivity index (χ0) is 23.4. The molecule has 1 N–H and O–H groups in total. The van der Waals surface area contributed by atoms with Gasteiger partial charge < -0.3 is 14.7 Å². The Kier molecular flexibility index (Phi) is 6.49. The average Bonchev–Trinajstić information content (AvgIpc) is 3.08. The van der Waals surface area contributed by atoms with Gasteiger partial charge in [-0.25, -0.2) is 0 Å². The molecule has 0 aliphatic carbocycles. The molecule has 1 amide bonds. The first-order valence-electron chi connectivity index (χ1n) is 10.8. The van der Waals surface area contributed by atoms with Crippen molar-refractivity contribution in [3.63, 3.8) is 0 Å². The Balaban J connectivity index is 1.78. The first kappa shape index (κ1) is 22.2. The van der Waals surface area contributed by atoms with Crippen LogP contribution in [0.15, 0.2) is 78.6 Å². The highest BCUT2D eigenvalue weighted by atomic mass is 16.5. The number of nitrogens with zero attached hydrogens (tertiary/aromatic N) is 3. The summed E-state index contributed by atoms with van der Waals surface area (Å²) < 4.78 is 5.76. The zero-order valence-electron chi connectivity index (χ0n) is 18.5. The third-order valence-electron chi connectivity index (χ3n) is 5.26. The van der Waals surface area contributed by atoms with E-state index in [2.05, 4.69) is 9.97 Å². The number of ketones is 1. The molecule has 7 heteroatoms. The van der Waals surface area contributed by atoms with Crippen molar-refractivity contribution in [3.05, 3.63) is 95.6 Å². The molecule has 2 aromatic heterocycles.